The lowest BCUT2D eigenvalue weighted by molar-refractivity contribution is 0.115. The second-order valence-corrected chi connectivity index (χ2v) is 7.75. The summed E-state index contributed by atoms with van der Waals surface area (Å²) in [5, 5.41) is 6.77. The first-order valence-corrected chi connectivity index (χ1v) is 10.3. The molecule has 1 aliphatic heterocycles. The van der Waals surface area contributed by atoms with Crippen molar-refractivity contribution in [3.8, 4) is 11.5 Å². The van der Waals surface area contributed by atoms with Gasteiger partial charge >= 0.3 is 0 Å². The molecule has 6 nitrogen and oxygen atoms in total. The van der Waals surface area contributed by atoms with Crippen LogP contribution in [-0.2, 0) is 6.54 Å². The number of hydrogen-bond donors (Lipinski definition) is 2. The molecule has 0 bridgehead atoms. The highest BCUT2D eigenvalue weighted by Gasteiger charge is 2.23. The van der Waals surface area contributed by atoms with Gasteiger partial charge in [0.25, 0.3) is 0 Å². The Kier molecular flexibility index (Phi) is 7.09. The second-order valence-electron chi connectivity index (χ2n) is 7.75. The van der Waals surface area contributed by atoms with Crippen LogP contribution < -0.4 is 10.6 Å². The third-order valence-corrected chi connectivity index (χ3v) is 5.50. The highest BCUT2D eigenvalue weighted by Crippen LogP contribution is 2.19. The zero-order valence-corrected chi connectivity index (χ0v) is 17.5. The molecule has 2 aromatic rings. The number of likely N-dealkylation sites (tertiary alicyclic amines) is 1. The maximum absolute atomic E-state index is 5.63. The van der Waals surface area contributed by atoms with Crippen LogP contribution in [0.2, 0.25) is 0 Å². The number of oxazole rings is 1. The molecule has 6 heteroatoms. The highest BCUT2D eigenvalue weighted by molar-refractivity contribution is 5.79. The minimum Gasteiger partial charge on any atom is -0.444 e. The van der Waals surface area contributed by atoms with E-state index in [1.165, 1.54) is 31.4 Å². The lowest BCUT2D eigenvalue weighted by atomic mass is 10.0. The summed E-state index contributed by atoms with van der Waals surface area (Å²) >= 11 is 0. The maximum atomic E-state index is 5.63. The summed E-state index contributed by atoms with van der Waals surface area (Å²) in [4.78, 5) is 11.5. The third-order valence-electron chi connectivity index (χ3n) is 5.50. The monoisotopic (exact) mass is 383 g/mol. The first-order valence-electron chi connectivity index (χ1n) is 10.3. The Hall–Kier alpha value is -2.34. The number of piperidine rings is 1. The number of nitrogens with zero attached hydrogens (tertiary/aromatic N) is 3. The van der Waals surface area contributed by atoms with Crippen LogP contribution in [0.4, 0.5) is 0 Å². The van der Waals surface area contributed by atoms with E-state index in [0.29, 0.717) is 24.5 Å². The predicted octanol–water partition coefficient (Wildman–Crippen LogP) is 3.58. The Bertz CT molecular complexity index is 767. The molecule has 2 unspecified atom stereocenters. The lowest BCUT2D eigenvalue weighted by Crippen LogP contribution is -2.50. The largest absolute Gasteiger partial charge is 0.444 e. The van der Waals surface area contributed by atoms with E-state index in [1.54, 1.807) is 13.3 Å². The van der Waals surface area contributed by atoms with Gasteiger partial charge in [-0.05, 0) is 52.3 Å². The first-order chi connectivity index (χ1) is 13.6. The number of aromatic nitrogens is 1. The number of guanidine groups is 1. The summed E-state index contributed by atoms with van der Waals surface area (Å²) in [7, 11) is 1.80. The number of benzene rings is 1. The van der Waals surface area contributed by atoms with Crippen molar-refractivity contribution in [3.63, 3.8) is 0 Å². The summed E-state index contributed by atoms with van der Waals surface area (Å²) in [6, 6.07) is 9.33. The van der Waals surface area contributed by atoms with Gasteiger partial charge in [-0.15, -0.1) is 0 Å². The van der Waals surface area contributed by atoms with Crippen LogP contribution in [0.15, 0.2) is 39.9 Å². The molecule has 2 heterocycles. The fourth-order valence-corrected chi connectivity index (χ4v) is 3.75. The van der Waals surface area contributed by atoms with E-state index in [2.05, 4.69) is 58.4 Å². The van der Waals surface area contributed by atoms with Gasteiger partial charge in [0.2, 0.25) is 5.89 Å². The van der Waals surface area contributed by atoms with Crippen LogP contribution in [0.3, 0.4) is 0 Å². The number of nitrogens with one attached hydrogen (secondary N) is 2. The molecule has 0 saturated carbocycles. The molecule has 28 heavy (non-hydrogen) atoms. The molecule has 2 atom stereocenters. The van der Waals surface area contributed by atoms with E-state index in [9.17, 15) is 0 Å². The summed E-state index contributed by atoms with van der Waals surface area (Å²) in [6.45, 7) is 9.32. The van der Waals surface area contributed by atoms with Crippen molar-refractivity contribution in [1.29, 1.82) is 0 Å². The standard InChI is InChI=1S/C22H33N5O/c1-16-8-10-19(11-9-16)21-26-20(15-28-21)14-25-22(23-4)24-13-18(3)27-12-6-5-7-17(27)2/h8-11,15,17-18H,5-7,12-14H2,1-4H3,(H2,23,24,25). The van der Waals surface area contributed by atoms with Gasteiger partial charge in [0.05, 0.1) is 12.2 Å². The minimum atomic E-state index is 0.481. The van der Waals surface area contributed by atoms with Gasteiger partial charge < -0.3 is 15.1 Å². The Labute approximate surface area is 168 Å². The van der Waals surface area contributed by atoms with E-state index in [-0.39, 0.29) is 0 Å². The minimum absolute atomic E-state index is 0.481. The van der Waals surface area contributed by atoms with Crippen LogP contribution in [0, 0.1) is 6.92 Å². The van der Waals surface area contributed by atoms with Crippen LogP contribution in [-0.4, -0.2) is 48.1 Å². The summed E-state index contributed by atoms with van der Waals surface area (Å²) in [6.07, 6.45) is 5.65. The van der Waals surface area contributed by atoms with Crippen molar-refractivity contribution in [2.75, 3.05) is 20.1 Å². The number of aliphatic imine (C=N–C) groups is 1. The quantitative estimate of drug-likeness (QED) is 0.590. The molecule has 1 saturated heterocycles. The van der Waals surface area contributed by atoms with Crippen LogP contribution >= 0.6 is 0 Å². The molecule has 0 radical (unpaired) electrons. The fraction of sp³-hybridized carbons (Fsp3) is 0.545. The first kappa shape index (κ1) is 20.4. The molecule has 0 aliphatic carbocycles. The Morgan fingerprint density at radius 3 is 2.79 bits per heavy atom. The zero-order valence-electron chi connectivity index (χ0n) is 17.5. The highest BCUT2D eigenvalue weighted by atomic mass is 16.3. The number of aryl methyl sites for hydroxylation is 1. The maximum Gasteiger partial charge on any atom is 0.226 e. The van der Waals surface area contributed by atoms with Crippen molar-refractivity contribution in [3.05, 3.63) is 41.8 Å². The van der Waals surface area contributed by atoms with E-state index in [4.69, 9.17) is 4.42 Å². The molecule has 152 valence electrons. The van der Waals surface area contributed by atoms with Gasteiger partial charge in [-0.3, -0.25) is 9.89 Å². The van der Waals surface area contributed by atoms with Crippen LogP contribution in [0.5, 0.6) is 0 Å². The molecule has 1 aromatic heterocycles. The van der Waals surface area contributed by atoms with E-state index < -0.39 is 0 Å². The molecular formula is C22H33N5O. The Morgan fingerprint density at radius 1 is 1.29 bits per heavy atom. The predicted molar refractivity (Wildman–Crippen MR) is 114 cm³/mol. The molecule has 1 aromatic carbocycles. The summed E-state index contributed by atoms with van der Waals surface area (Å²) in [5.74, 6) is 1.43. The van der Waals surface area contributed by atoms with E-state index in [0.717, 1.165) is 23.8 Å². The summed E-state index contributed by atoms with van der Waals surface area (Å²) in [5.41, 5.74) is 3.07. The molecule has 3 rings (SSSR count). The molecule has 0 spiro atoms. The Balaban J connectivity index is 1.48. The van der Waals surface area contributed by atoms with Gasteiger partial charge in [0.15, 0.2) is 5.96 Å². The molecule has 1 aliphatic rings. The van der Waals surface area contributed by atoms with Crippen LogP contribution in [0.25, 0.3) is 11.5 Å². The second kappa shape index (κ2) is 9.73. The molecule has 2 N–H and O–H groups in total. The third kappa shape index (κ3) is 5.35. The Morgan fingerprint density at radius 2 is 2.07 bits per heavy atom. The normalized spacial score (nSPS) is 19.4. The molecule has 1 fully saturated rings. The van der Waals surface area contributed by atoms with E-state index in [1.807, 2.05) is 12.1 Å². The summed E-state index contributed by atoms with van der Waals surface area (Å²) < 4.78 is 5.63. The van der Waals surface area contributed by atoms with Crippen molar-refractivity contribution in [2.24, 2.45) is 4.99 Å². The van der Waals surface area contributed by atoms with Crippen LogP contribution in [0.1, 0.15) is 44.4 Å². The number of hydrogen-bond acceptors (Lipinski definition) is 4. The topological polar surface area (TPSA) is 65.7 Å². The van der Waals surface area contributed by atoms with E-state index >= 15 is 0 Å². The average Bonchev–Trinajstić information content (AvgIpc) is 3.18. The molecular weight excluding hydrogens is 350 g/mol. The smallest absolute Gasteiger partial charge is 0.226 e. The molecule has 0 amide bonds. The zero-order chi connectivity index (χ0) is 19.9. The van der Waals surface area contributed by atoms with Crippen molar-refractivity contribution in [2.45, 2.75) is 58.7 Å². The van der Waals surface area contributed by atoms with Gasteiger partial charge in [0, 0.05) is 31.2 Å². The van der Waals surface area contributed by atoms with Crippen molar-refractivity contribution < 1.29 is 4.42 Å². The number of rotatable bonds is 6. The van der Waals surface area contributed by atoms with Crippen molar-refractivity contribution in [1.82, 2.24) is 20.5 Å². The average molecular weight is 384 g/mol. The lowest BCUT2D eigenvalue weighted by Gasteiger charge is -2.38. The van der Waals surface area contributed by atoms with Crippen molar-refractivity contribution >= 4 is 5.96 Å². The van der Waals surface area contributed by atoms with Gasteiger partial charge in [-0.25, -0.2) is 4.98 Å². The van der Waals surface area contributed by atoms with Gasteiger partial charge in [0.1, 0.15) is 6.26 Å². The SMILES string of the molecule is CN=C(NCc1coc(-c2ccc(C)cc2)n1)NCC(C)N1CCCCC1C. The fourth-order valence-electron chi connectivity index (χ4n) is 3.75. The van der Waals surface area contributed by atoms with Gasteiger partial charge in [-0.1, -0.05) is 24.1 Å². The van der Waals surface area contributed by atoms with Gasteiger partial charge in [-0.2, -0.15) is 0 Å².